The fourth-order valence-electron chi connectivity index (χ4n) is 2.08. The summed E-state index contributed by atoms with van der Waals surface area (Å²) in [5.41, 5.74) is 0. The summed E-state index contributed by atoms with van der Waals surface area (Å²) >= 11 is 0. The molecule has 1 aliphatic rings. The van der Waals surface area contributed by atoms with Crippen molar-refractivity contribution in [3.8, 4) is 0 Å². The molecule has 1 rings (SSSR count). The molecule has 1 unspecified atom stereocenters. The van der Waals surface area contributed by atoms with Crippen molar-refractivity contribution >= 4 is 5.97 Å². The summed E-state index contributed by atoms with van der Waals surface area (Å²) in [7, 11) is 1.42. The van der Waals surface area contributed by atoms with E-state index in [1.165, 1.54) is 26.6 Å². The molecule has 3 heteroatoms. The van der Waals surface area contributed by atoms with Crippen LogP contribution in [-0.4, -0.2) is 37.1 Å². The van der Waals surface area contributed by atoms with Gasteiger partial charge in [0.05, 0.1) is 13.5 Å². The summed E-state index contributed by atoms with van der Waals surface area (Å²) in [5, 5.41) is 0. The number of likely N-dealkylation sites (tertiary alicyclic amines) is 1. The normalized spacial score (nSPS) is 22.1. The predicted molar refractivity (Wildman–Crippen MR) is 65.2 cm³/mol. The van der Waals surface area contributed by atoms with Gasteiger partial charge in [0, 0.05) is 12.6 Å². The van der Waals surface area contributed by atoms with E-state index in [4.69, 9.17) is 0 Å². The molecular weight excluding hydrogens is 202 g/mol. The minimum absolute atomic E-state index is 0.161. The smallest absolute Gasteiger partial charge is 0.309 e. The number of esters is 1. The Kier molecular flexibility index (Phi) is 5.53. The molecule has 0 spiro atoms. The number of allylic oxidation sites excluding steroid dienone is 1. The highest BCUT2D eigenvalue weighted by molar-refractivity contribution is 5.70. The second-order valence-corrected chi connectivity index (χ2v) is 4.73. The van der Waals surface area contributed by atoms with E-state index in [1.807, 2.05) is 6.08 Å². The van der Waals surface area contributed by atoms with Crippen LogP contribution in [0.25, 0.3) is 0 Å². The van der Waals surface area contributed by atoms with Crippen molar-refractivity contribution in [1.29, 1.82) is 0 Å². The molecule has 1 heterocycles. The fourth-order valence-corrected chi connectivity index (χ4v) is 2.08. The second kappa shape index (κ2) is 6.69. The van der Waals surface area contributed by atoms with Crippen LogP contribution in [0.3, 0.4) is 0 Å². The van der Waals surface area contributed by atoms with Crippen LogP contribution in [0, 0.1) is 5.92 Å². The maximum Gasteiger partial charge on any atom is 0.309 e. The highest BCUT2D eigenvalue weighted by atomic mass is 16.5. The Labute approximate surface area is 98.5 Å². The number of rotatable bonds is 5. The molecule has 0 radical (unpaired) electrons. The molecule has 0 aromatic heterocycles. The van der Waals surface area contributed by atoms with E-state index in [2.05, 4.69) is 29.6 Å². The van der Waals surface area contributed by atoms with Crippen LogP contribution >= 0.6 is 0 Å². The first-order chi connectivity index (χ1) is 7.63. The van der Waals surface area contributed by atoms with Crippen molar-refractivity contribution in [2.45, 2.75) is 39.2 Å². The molecule has 0 amide bonds. The number of methoxy groups -OCH3 is 1. The van der Waals surface area contributed by atoms with Gasteiger partial charge in [-0.3, -0.25) is 4.79 Å². The first kappa shape index (κ1) is 13.2. The van der Waals surface area contributed by atoms with Crippen LogP contribution in [0.1, 0.15) is 33.1 Å². The van der Waals surface area contributed by atoms with Crippen LogP contribution < -0.4 is 0 Å². The number of hydrogen-bond acceptors (Lipinski definition) is 3. The molecule has 0 aromatic rings. The lowest BCUT2D eigenvalue weighted by Gasteiger charge is -2.19. The third kappa shape index (κ3) is 4.35. The summed E-state index contributed by atoms with van der Waals surface area (Å²) in [6.07, 6.45) is 6.80. The van der Waals surface area contributed by atoms with Gasteiger partial charge in [0.1, 0.15) is 0 Å². The van der Waals surface area contributed by atoms with E-state index < -0.39 is 0 Å². The summed E-state index contributed by atoms with van der Waals surface area (Å²) in [6.45, 7) is 6.90. The molecule has 0 saturated carbocycles. The van der Waals surface area contributed by atoms with Crippen LogP contribution in [0.5, 0.6) is 0 Å². The van der Waals surface area contributed by atoms with Gasteiger partial charge < -0.3 is 9.64 Å². The molecule has 16 heavy (non-hydrogen) atoms. The van der Waals surface area contributed by atoms with Crippen LogP contribution in [0.4, 0.5) is 0 Å². The summed E-state index contributed by atoms with van der Waals surface area (Å²) < 4.78 is 4.57. The first-order valence-corrected chi connectivity index (χ1v) is 6.09. The highest BCUT2D eigenvalue weighted by Gasteiger charge is 2.22. The average Bonchev–Trinajstić information content (AvgIpc) is 2.72. The molecule has 1 aliphatic heterocycles. The van der Waals surface area contributed by atoms with Crippen molar-refractivity contribution < 1.29 is 9.53 Å². The third-order valence-electron chi connectivity index (χ3n) is 3.20. The molecule has 1 saturated heterocycles. The molecule has 1 fully saturated rings. The topological polar surface area (TPSA) is 29.5 Å². The molecule has 0 bridgehead atoms. The second-order valence-electron chi connectivity index (χ2n) is 4.73. The van der Waals surface area contributed by atoms with E-state index in [9.17, 15) is 4.79 Å². The van der Waals surface area contributed by atoms with E-state index >= 15 is 0 Å². The van der Waals surface area contributed by atoms with Crippen LogP contribution in [0.2, 0.25) is 0 Å². The van der Waals surface area contributed by atoms with Crippen LogP contribution in [0.15, 0.2) is 12.2 Å². The van der Waals surface area contributed by atoms with E-state index in [1.54, 1.807) is 0 Å². The molecule has 0 aliphatic carbocycles. The van der Waals surface area contributed by atoms with E-state index in [0.29, 0.717) is 12.5 Å². The predicted octanol–water partition coefficient (Wildman–Crippen LogP) is 2.23. The van der Waals surface area contributed by atoms with Gasteiger partial charge in [0.25, 0.3) is 0 Å². The number of nitrogens with zero attached hydrogens (tertiary/aromatic N) is 1. The van der Waals surface area contributed by atoms with Crippen molar-refractivity contribution in [1.82, 2.24) is 4.90 Å². The molecule has 1 atom stereocenters. The monoisotopic (exact) mass is 225 g/mol. The maximum atomic E-state index is 10.9. The zero-order valence-electron chi connectivity index (χ0n) is 10.6. The van der Waals surface area contributed by atoms with Gasteiger partial charge in [-0.15, -0.1) is 0 Å². The minimum atomic E-state index is -0.161. The van der Waals surface area contributed by atoms with Crippen molar-refractivity contribution in [3.05, 3.63) is 12.2 Å². The lowest BCUT2D eigenvalue weighted by Crippen LogP contribution is -2.28. The molecule has 0 N–H and O–H groups in total. The molecular formula is C13H23NO2. The average molecular weight is 225 g/mol. The standard InChI is InChI=1S/C13H23NO2/c1-11(2)14-9-8-12(10-14)6-4-5-7-13(15)16-3/h4-5,11-12H,6-10H2,1-3H3/b5-4-. The third-order valence-corrected chi connectivity index (χ3v) is 3.20. The Hall–Kier alpha value is -0.830. The van der Waals surface area contributed by atoms with Gasteiger partial charge >= 0.3 is 5.97 Å². The Morgan fingerprint density at radius 2 is 2.25 bits per heavy atom. The van der Waals surface area contributed by atoms with Crippen molar-refractivity contribution in [2.24, 2.45) is 5.92 Å². The van der Waals surface area contributed by atoms with Gasteiger partial charge in [0.15, 0.2) is 0 Å². The zero-order chi connectivity index (χ0) is 12.0. The van der Waals surface area contributed by atoms with Crippen LogP contribution in [-0.2, 0) is 9.53 Å². The quantitative estimate of drug-likeness (QED) is 0.531. The molecule has 3 nitrogen and oxygen atoms in total. The van der Waals surface area contributed by atoms with Gasteiger partial charge in [0.2, 0.25) is 0 Å². The van der Waals surface area contributed by atoms with E-state index in [0.717, 1.165) is 12.3 Å². The zero-order valence-corrected chi connectivity index (χ0v) is 10.6. The van der Waals surface area contributed by atoms with Gasteiger partial charge in [-0.25, -0.2) is 0 Å². The minimum Gasteiger partial charge on any atom is -0.469 e. The number of hydrogen-bond donors (Lipinski definition) is 0. The number of ether oxygens (including phenoxy) is 1. The summed E-state index contributed by atoms with van der Waals surface area (Å²) in [4.78, 5) is 13.4. The first-order valence-electron chi connectivity index (χ1n) is 6.09. The van der Waals surface area contributed by atoms with Gasteiger partial charge in [-0.05, 0) is 39.2 Å². The number of carbonyl (C=O) groups is 1. The van der Waals surface area contributed by atoms with Gasteiger partial charge in [-0.1, -0.05) is 12.2 Å². The maximum absolute atomic E-state index is 10.9. The largest absolute Gasteiger partial charge is 0.469 e. The fraction of sp³-hybridized carbons (Fsp3) is 0.769. The summed E-state index contributed by atoms with van der Waals surface area (Å²) in [5.74, 6) is 0.600. The lowest BCUT2D eigenvalue weighted by molar-refractivity contribution is -0.139. The molecule has 92 valence electrons. The van der Waals surface area contributed by atoms with Crippen molar-refractivity contribution in [3.63, 3.8) is 0 Å². The number of carbonyl (C=O) groups excluding carboxylic acids is 1. The summed E-state index contributed by atoms with van der Waals surface area (Å²) in [6, 6.07) is 0.657. The Morgan fingerprint density at radius 3 is 2.81 bits per heavy atom. The van der Waals surface area contributed by atoms with E-state index in [-0.39, 0.29) is 5.97 Å². The van der Waals surface area contributed by atoms with Crippen molar-refractivity contribution in [2.75, 3.05) is 20.2 Å². The Bertz CT molecular complexity index is 248. The van der Waals surface area contributed by atoms with Gasteiger partial charge in [-0.2, -0.15) is 0 Å². The lowest BCUT2D eigenvalue weighted by atomic mass is 10.0. The SMILES string of the molecule is COC(=O)C/C=C\CC1CCN(C(C)C)C1. The Morgan fingerprint density at radius 1 is 1.50 bits per heavy atom. The molecule has 0 aromatic carbocycles. The highest BCUT2D eigenvalue weighted by Crippen LogP contribution is 2.21. The Balaban J connectivity index is 2.17.